The van der Waals surface area contributed by atoms with Gasteiger partial charge >= 0.3 is 0 Å². The van der Waals surface area contributed by atoms with Crippen LogP contribution in [0, 0.1) is 11.6 Å². The normalized spacial score (nSPS) is 15.0. The molecule has 2 aromatic rings. The Balaban J connectivity index is 1.66. The molecule has 0 aromatic heterocycles. The summed E-state index contributed by atoms with van der Waals surface area (Å²) in [6.07, 6.45) is 2.06. The zero-order chi connectivity index (χ0) is 20.6. The highest BCUT2D eigenvalue weighted by atomic mass is 32.2. The van der Waals surface area contributed by atoms with E-state index in [0.717, 1.165) is 18.0 Å². The van der Waals surface area contributed by atoms with Gasteiger partial charge in [0.1, 0.15) is 11.6 Å². The number of halogens is 2. The van der Waals surface area contributed by atoms with E-state index in [-0.39, 0.29) is 17.2 Å². The molecule has 2 aromatic carbocycles. The van der Waals surface area contributed by atoms with Crippen LogP contribution in [0.25, 0.3) is 0 Å². The van der Waals surface area contributed by atoms with Gasteiger partial charge in [-0.3, -0.25) is 9.71 Å². The highest BCUT2D eigenvalue weighted by Gasteiger charge is 2.25. The molecule has 2 aliphatic rings. The third-order valence-corrected chi connectivity index (χ3v) is 5.90. The Morgan fingerprint density at radius 2 is 2.07 bits per heavy atom. The summed E-state index contributed by atoms with van der Waals surface area (Å²) in [5.74, 6) is -2.03. The highest BCUT2D eigenvalue weighted by Crippen LogP contribution is 2.35. The number of nitrogens with zero attached hydrogens (tertiary/aromatic N) is 3. The standard InChI is InChI=1S/C19H18F2N4O3S/c1-2-9-29(26,27)24-16-6-4-14(20)18(17(16)21)28-12-3-5-15-13(10-12)19-22-7-8-25(19)11-23-15/h3-6,10-11,24H,2,7-9H2,1H3. The Morgan fingerprint density at radius 1 is 1.24 bits per heavy atom. The molecule has 0 saturated carbocycles. The van der Waals surface area contributed by atoms with Gasteiger partial charge in [-0.05, 0) is 36.8 Å². The van der Waals surface area contributed by atoms with E-state index in [1.165, 1.54) is 6.07 Å². The summed E-state index contributed by atoms with van der Waals surface area (Å²) in [5.41, 5.74) is 1.00. The number of hydrogen-bond donors (Lipinski definition) is 1. The van der Waals surface area contributed by atoms with Crippen molar-refractivity contribution in [3.8, 4) is 11.5 Å². The summed E-state index contributed by atoms with van der Waals surface area (Å²) in [6.45, 7) is 3.03. The van der Waals surface area contributed by atoms with Gasteiger partial charge in [-0.1, -0.05) is 6.92 Å². The molecular weight excluding hydrogens is 402 g/mol. The van der Waals surface area contributed by atoms with Gasteiger partial charge in [0, 0.05) is 12.1 Å². The van der Waals surface area contributed by atoms with Crippen molar-refractivity contribution in [1.29, 1.82) is 0 Å². The van der Waals surface area contributed by atoms with Crippen LogP contribution in [0.3, 0.4) is 0 Å². The van der Waals surface area contributed by atoms with Gasteiger partial charge < -0.3 is 9.64 Å². The Hall–Kier alpha value is -3.01. The number of sulfonamides is 1. The fraction of sp³-hybridized carbons (Fsp3) is 0.263. The van der Waals surface area contributed by atoms with Crippen molar-refractivity contribution < 1.29 is 21.9 Å². The van der Waals surface area contributed by atoms with Crippen LogP contribution >= 0.6 is 0 Å². The Morgan fingerprint density at radius 3 is 2.86 bits per heavy atom. The molecule has 2 aliphatic heterocycles. The van der Waals surface area contributed by atoms with Crippen LogP contribution in [0.15, 0.2) is 40.3 Å². The first-order valence-corrected chi connectivity index (χ1v) is 10.7. The molecule has 29 heavy (non-hydrogen) atoms. The molecule has 0 unspecified atom stereocenters. The molecule has 4 rings (SSSR count). The second-order valence-corrected chi connectivity index (χ2v) is 8.43. The number of ether oxygens (including phenoxy) is 1. The summed E-state index contributed by atoms with van der Waals surface area (Å²) in [6, 6.07) is 6.79. The number of fused-ring (bicyclic) bond motifs is 3. The lowest BCUT2D eigenvalue weighted by Gasteiger charge is -2.21. The number of rotatable bonds is 6. The van der Waals surface area contributed by atoms with E-state index in [1.54, 1.807) is 25.4 Å². The van der Waals surface area contributed by atoms with Gasteiger partial charge in [0.15, 0.2) is 11.6 Å². The molecule has 0 saturated heterocycles. The molecule has 0 amide bonds. The number of anilines is 1. The first kappa shape index (κ1) is 19.3. The molecule has 0 spiro atoms. The van der Waals surface area contributed by atoms with Gasteiger partial charge in [-0.15, -0.1) is 0 Å². The fourth-order valence-corrected chi connectivity index (χ4v) is 4.26. The quantitative estimate of drug-likeness (QED) is 0.773. The van der Waals surface area contributed by atoms with Gasteiger partial charge in [0.05, 0.1) is 30.0 Å². The molecule has 0 atom stereocenters. The zero-order valence-electron chi connectivity index (χ0n) is 15.5. The maximum atomic E-state index is 14.8. The summed E-state index contributed by atoms with van der Waals surface area (Å²) in [4.78, 5) is 10.6. The molecule has 1 N–H and O–H groups in total. The molecular formula is C19H18F2N4O3S. The molecule has 0 radical (unpaired) electrons. The van der Waals surface area contributed by atoms with Gasteiger partial charge in [-0.2, -0.15) is 0 Å². The summed E-state index contributed by atoms with van der Waals surface area (Å²) >= 11 is 0. The summed E-state index contributed by atoms with van der Waals surface area (Å²) in [7, 11) is -3.74. The van der Waals surface area contributed by atoms with Gasteiger partial charge in [0.2, 0.25) is 15.8 Å². The van der Waals surface area contributed by atoms with Crippen molar-refractivity contribution in [3.05, 3.63) is 47.5 Å². The van der Waals surface area contributed by atoms with Crippen LogP contribution in [0.1, 0.15) is 18.9 Å². The first-order chi connectivity index (χ1) is 13.9. The van der Waals surface area contributed by atoms with Crippen LogP contribution in [0.5, 0.6) is 11.5 Å². The molecule has 2 heterocycles. The Labute approximate surface area is 166 Å². The lowest BCUT2D eigenvalue weighted by molar-refractivity contribution is 0.409. The zero-order valence-corrected chi connectivity index (χ0v) is 16.3. The maximum absolute atomic E-state index is 14.8. The lowest BCUT2D eigenvalue weighted by Crippen LogP contribution is -2.29. The predicted octanol–water partition coefficient (Wildman–Crippen LogP) is 3.64. The largest absolute Gasteiger partial charge is 0.451 e. The third kappa shape index (κ3) is 3.80. The monoisotopic (exact) mass is 420 g/mol. The lowest BCUT2D eigenvalue weighted by atomic mass is 10.1. The summed E-state index contributed by atoms with van der Waals surface area (Å²) < 4.78 is 60.5. The van der Waals surface area contributed by atoms with Crippen LogP contribution in [-0.4, -0.2) is 44.3 Å². The highest BCUT2D eigenvalue weighted by molar-refractivity contribution is 7.92. The topological polar surface area (TPSA) is 83.4 Å². The van der Waals surface area contributed by atoms with Gasteiger partial charge in [-0.25, -0.2) is 22.2 Å². The minimum atomic E-state index is -3.74. The van der Waals surface area contributed by atoms with Crippen molar-refractivity contribution in [2.45, 2.75) is 13.3 Å². The second kappa shape index (κ2) is 7.43. The molecule has 0 fully saturated rings. The number of aliphatic imine (C=N–C) groups is 2. The van der Waals surface area contributed by atoms with Crippen molar-refractivity contribution in [3.63, 3.8) is 0 Å². The molecule has 7 nitrogen and oxygen atoms in total. The molecule has 152 valence electrons. The van der Waals surface area contributed by atoms with Crippen LogP contribution < -0.4 is 9.46 Å². The van der Waals surface area contributed by atoms with Crippen LogP contribution in [-0.2, 0) is 10.0 Å². The van der Waals surface area contributed by atoms with E-state index >= 15 is 0 Å². The minimum Gasteiger partial charge on any atom is -0.451 e. The molecule has 0 aliphatic carbocycles. The smallest absolute Gasteiger partial charge is 0.232 e. The summed E-state index contributed by atoms with van der Waals surface area (Å²) in [5, 5.41) is 0. The number of benzene rings is 2. The fourth-order valence-electron chi connectivity index (χ4n) is 3.12. The molecule has 0 bridgehead atoms. The van der Waals surface area contributed by atoms with Gasteiger partial charge in [0.25, 0.3) is 0 Å². The van der Waals surface area contributed by atoms with Crippen molar-refractivity contribution >= 4 is 33.6 Å². The number of hydrogen-bond acceptors (Lipinski definition) is 6. The van der Waals surface area contributed by atoms with E-state index in [9.17, 15) is 17.2 Å². The SMILES string of the molecule is CCCS(=O)(=O)Nc1ccc(F)c(Oc2ccc3c(c2)C2=NCCN2C=N3)c1F. The van der Waals surface area contributed by atoms with Crippen molar-refractivity contribution in [2.75, 3.05) is 23.6 Å². The average molecular weight is 420 g/mol. The van der Waals surface area contributed by atoms with E-state index in [1.807, 2.05) is 4.90 Å². The second-order valence-electron chi connectivity index (χ2n) is 6.58. The minimum absolute atomic E-state index is 0.177. The average Bonchev–Trinajstić information content (AvgIpc) is 3.16. The van der Waals surface area contributed by atoms with Crippen molar-refractivity contribution in [1.82, 2.24) is 4.90 Å². The van der Waals surface area contributed by atoms with Crippen LogP contribution in [0.4, 0.5) is 20.2 Å². The van der Waals surface area contributed by atoms with E-state index in [0.29, 0.717) is 30.8 Å². The first-order valence-electron chi connectivity index (χ1n) is 9.04. The van der Waals surface area contributed by atoms with Crippen LogP contribution in [0.2, 0.25) is 0 Å². The number of nitrogens with one attached hydrogen (secondary N) is 1. The Kier molecular flexibility index (Phi) is 4.95. The van der Waals surface area contributed by atoms with E-state index < -0.39 is 27.4 Å². The van der Waals surface area contributed by atoms with E-state index in [4.69, 9.17) is 4.74 Å². The Bertz CT molecular complexity index is 1130. The molecule has 10 heteroatoms. The van der Waals surface area contributed by atoms with Crippen molar-refractivity contribution in [2.24, 2.45) is 9.98 Å². The third-order valence-electron chi connectivity index (χ3n) is 4.43. The predicted molar refractivity (Wildman–Crippen MR) is 107 cm³/mol. The maximum Gasteiger partial charge on any atom is 0.232 e. The van der Waals surface area contributed by atoms with E-state index in [2.05, 4.69) is 14.7 Å². The number of amidine groups is 1.